The lowest BCUT2D eigenvalue weighted by Crippen LogP contribution is -2.25. The van der Waals surface area contributed by atoms with Gasteiger partial charge in [0.1, 0.15) is 0 Å². The van der Waals surface area contributed by atoms with E-state index in [1.54, 1.807) is 19.2 Å². The number of hydrogen-bond donors (Lipinski definition) is 2. The lowest BCUT2D eigenvalue weighted by Gasteiger charge is -2.12. The first-order valence-electron chi connectivity index (χ1n) is 6.35. The van der Waals surface area contributed by atoms with E-state index in [9.17, 15) is 15.2 Å². The Balaban J connectivity index is 2.22. The Labute approximate surface area is 117 Å². The molecule has 20 heavy (non-hydrogen) atoms. The van der Waals surface area contributed by atoms with Crippen molar-refractivity contribution in [1.82, 2.24) is 5.32 Å². The van der Waals surface area contributed by atoms with Gasteiger partial charge >= 0.3 is 0 Å². The molecule has 7 nitrogen and oxygen atoms in total. The Morgan fingerprint density at radius 3 is 2.60 bits per heavy atom. The number of benzene rings is 1. The lowest BCUT2D eigenvalue weighted by molar-refractivity contribution is -0.384. The standard InChI is InChI=1S/C13H20N2O5/c1-19-8-9-20-7-6-14-10-13(16)11-2-4-12(5-3-11)15(17)18/h2-5,13-14,16H,6-10H2,1H3. The molecule has 0 aliphatic rings. The van der Waals surface area contributed by atoms with E-state index in [0.29, 0.717) is 38.5 Å². The number of nitrogens with zero attached hydrogens (tertiary/aromatic N) is 1. The van der Waals surface area contributed by atoms with Crippen LogP contribution in [0.1, 0.15) is 11.7 Å². The number of nitrogens with one attached hydrogen (secondary N) is 1. The van der Waals surface area contributed by atoms with Gasteiger partial charge < -0.3 is 19.9 Å². The summed E-state index contributed by atoms with van der Waals surface area (Å²) < 4.78 is 10.1. The highest BCUT2D eigenvalue weighted by molar-refractivity contribution is 5.33. The van der Waals surface area contributed by atoms with E-state index in [1.807, 2.05) is 0 Å². The molecule has 0 spiro atoms. The van der Waals surface area contributed by atoms with Crippen molar-refractivity contribution in [2.75, 3.05) is 40.0 Å². The van der Waals surface area contributed by atoms with Gasteiger partial charge in [-0.15, -0.1) is 0 Å². The van der Waals surface area contributed by atoms with Crippen molar-refractivity contribution in [3.8, 4) is 0 Å². The summed E-state index contributed by atoms with van der Waals surface area (Å²) in [6.07, 6.45) is -0.699. The zero-order valence-electron chi connectivity index (χ0n) is 11.4. The van der Waals surface area contributed by atoms with Crippen molar-refractivity contribution in [3.05, 3.63) is 39.9 Å². The van der Waals surface area contributed by atoms with Crippen LogP contribution in [0, 0.1) is 10.1 Å². The van der Waals surface area contributed by atoms with Gasteiger partial charge in [-0.05, 0) is 17.7 Å². The molecule has 0 saturated carbocycles. The fraction of sp³-hybridized carbons (Fsp3) is 0.538. The third-order valence-corrected chi connectivity index (χ3v) is 2.68. The predicted octanol–water partition coefficient (Wildman–Crippen LogP) is 0.881. The Morgan fingerprint density at radius 2 is 2.00 bits per heavy atom. The molecule has 1 unspecified atom stereocenters. The molecule has 1 atom stereocenters. The van der Waals surface area contributed by atoms with Crippen LogP contribution in [0.3, 0.4) is 0 Å². The molecule has 0 aliphatic heterocycles. The van der Waals surface area contributed by atoms with Gasteiger partial charge in [0.25, 0.3) is 5.69 Å². The average Bonchev–Trinajstić information content (AvgIpc) is 2.46. The number of ether oxygens (including phenoxy) is 2. The summed E-state index contributed by atoms with van der Waals surface area (Å²) in [6.45, 7) is 2.63. The Bertz CT molecular complexity index is 396. The van der Waals surface area contributed by atoms with Gasteiger partial charge in [0.15, 0.2) is 0 Å². The number of nitro benzene ring substituents is 1. The third kappa shape index (κ3) is 6.07. The van der Waals surface area contributed by atoms with Gasteiger partial charge in [-0.1, -0.05) is 0 Å². The Hall–Kier alpha value is -1.54. The highest BCUT2D eigenvalue weighted by atomic mass is 16.6. The van der Waals surface area contributed by atoms with E-state index < -0.39 is 11.0 Å². The largest absolute Gasteiger partial charge is 0.387 e. The summed E-state index contributed by atoms with van der Waals surface area (Å²) in [5.41, 5.74) is 0.656. The van der Waals surface area contributed by atoms with E-state index >= 15 is 0 Å². The van der Waals surface area contributed by atoms with Gasteiger partial charge in [-0.2, -0.15) is 0 Å². The van der Waals surface area contributed by atoms with Gasteiger partial charge in [0.2, 0.25) is 0 Å². The first-order chi connectivity index (χ1) is 9.65. The van der Waals surface area contributed by atoms with Crippen LogP contribution in [0.2, 0.25) is 0 Å². The third-order valence-electron chi connectivity index (χ3n) is 2.68. The van der Waals surface area contributed by atoms with Gasteiger partial charge in [-0.3, -0.25) is 10.1 Å². The van der Waals surface area contributed by atoms with Crippen LogP contribution in [0.5, 0.6) is 0 Å². The molecule has 0 saturated heterocycles. The van der Waals surface area contributed by atoms with Crippen molar-refractivity contribution in [2.24, 2.45) is 0 Å². The highest BCUT2D eigenvalue weighted by Gasteiger charge is 2.09. The van der Waals surface area contributed by atoms with Gasteiger partial charge in [-0.25, -0.2) is 0 Å². The maximum atomic E-state index is 10.5. The summed E-state index contributed by atoms with van der Waals surface area (Å²) in [7, 11) is 1.61. The first-order valence-corrected chi connectivity index (χ1v) is 6.35. The molecule has 0 radical (unpaired) electrons. The number of nitro groups is 1. The second-order valence-electron chi connectivity index (χ2n) is 4.17. The predicted molar refractivity (Wildman–Crippen MR) is 73.6 cm³/mol. The van der Waals surface area contributed by atoms with Crippen LogP contribution in [0.25, 0.3) is 0 Å². The summed E-state index contributed by atoms with van der Waals surface area (Å²) in [6, 6.07) is 5.87. The van der Waals surface area contributed by atoms with Crippen LogP contribution in [-0.4, -0.2) is 50.0 Å². The molecule has 0 aliphatic carbocycles. The smallest absolute Gasteiger partial charge is 0.269 e. The molecular formula is C13H20N2O5. The molecule has 0 heterocycles. The number of rotatable bonds is 10. The topological polar surface area (TPSA) is 93.9 Å². The maximum absolute atomic E-state index is 10.5. The van der Waals surface area contributed by atoms with Crippen LogP contribution in [0.4, 0.5) is 5.69 Å². The maximum Gasteiger partial charge on any atom is 0.269 e. The summed E-state index contributed by atoms with van der Waals surface area (Å²) in [4.78, 5) is 10.0. The molecular weight excluding hydrogens is 264 g/mol. The van der Waals surface area contributed by atoms with Crippen molar-refractivity contribution >= 4 is 5.69 Å². The fourth-order valence-corrected chi connectivity index (χ4v) is 1.56. The quantitative estimate of drug-likeness (QED) is 0.376. The van der Waals surface area contributed by atoms with Crippen molar-refractivity contribution in [3.63, 3.8) is 0 Å². The monoisotopic (exact) mass is 284 g/mol. The zero-order chi connectivity index (χ0) is 14.8. The molecule has 0 amide bonds. The van der Waals surface area contributed by atoms with E-state index in [2.05, 4.69) is 5.32 Å². The normalized spacial score (nSPS) is 12.3. The number of non-ortho nitro benzene ring substituents is 1. The fourth-order valence-electron chi connectivity index (χ4n) is 1.56. The van der Waals surface area contributed by atoms with E-state index in [-0.39, 0.29) is 5.69 Å². The SMILES string of the molecule is COCCOCCNCC(O)c1ccc([N+](=O)[O-])cc1. The lowest BCUT2D eigenvalue weighted by atomic mass is 10.1. The van der Waals surface area contributed by atoms with Gasteiger partial charge in [0, 0.05) is 32.3 Å². The summed E-state index contributed by atoms with van der Waals surface area (Å²) >= 11 is 0. The Kier molecular flexibility index (Phi) is 7.74. The minimum absolute atomic E-state index is 0.0143. The van der Waals surface area contributed by atoms with Crippen LogP contribution in [0.15, 0.2) is 24.3 Å². The minimum atomic E-state index is -0.699. The molecule has 2 N–H and O–H groups in total. The van der Waals surface area contributed by atoms with Crippen LogP contribution < -0.4 is 5.32 Å². The summed E-state index contributed by atoms with van der Waals surface area (Å²) in [5.74, 6) is 0. The van der Waals surface area contributed by atoms with Crippen LogP contribution in [-0.2, 0) is 9.47 Å². The Morgan fingerprint density at radius 1 is 1.30 bits per heavy atom. The molecule has 7 heteroatoms. The molecule has 0 bridgehead atoms. The van der Waals surface area contributed by atoms with E-state index in [4.69, 9.17) is 9.47 Å². The average molecular weight is 284 g/mol. The van der Waals surface area contributed by atoms with Gasteiger partial charge in [0.05, 0.1) is 30.8 Å². The van der Waals surface area contributed by atoms with E-state index in [0.717, 1.165) is 0 Å². The molecule has 1 aromatic carbocycles. The molecule has 0 fully saturated rings. The zero-order valence-corrected chi connectivity index (χ0v) is 11.4. The first kappa shape index (κ1) is 16.5. The second kappa shape index (κ2) is 9.38. The molecule has 0 aromatic heterocycles. The van der Waals surface area contributed by atoms with E-state index in [1.165, 1.54) is 12.1 Å². The second-order valence-corrected chi connectivity index (χ2v) is 4.17. The number of hydrogen-bond acceptors (Lipinski definition) is 6. The molecule has 112 valence electrons. The minimum Gasteiger partial charge on any atom is -0.387 e. The molecule has 1 rings (SSSR count). The molecule has 1 aromatic rings. The summed E-state index contributed by atoms with van der Waals surface area (Å²) in [5, 5.41) is 23.5. The van der Waals surface area contributed by atoms with Crippen molar-refractivity contribution < 1.29 is 19.5 Å². The highest BCUT2D eigenvalue weighted by Crippen LogP contribution is 2.17. The van der Waals surface area contributed by atoms with Crippen molar-refractivity contribution in [2.45, 2.75) is 6.10 Å². The van der Waals surface area contributed by atoms with Crippen LogP contribution >= 0.6 is 0 Å². The number of methoxy groups -OCH3 is 1. The number of aliphatic hydroxyl groups is 1. The van der Waals surface area contributed by atoms with Crippen molar-refractivity contribution in [1.29, 1.82) is 0 Å². The number of aliphatic hydroxyl groups excluding tert-OH is 1.